The Morgan fingerprint density at radius 2 is 2.13 bits per heavy atom. The van der Waals surface area contributed by atoms with Crippen molar-refractivity contribution >= 4 is 0 Å². The highest BCUT2D eigenvalue weighted by atomic mass is 14.9. The molecule has 1 fully saturated rings. The highest BCUT2D eigenvalue weighted by Gasteiger charge is 2.32. The van der Waals surface area contributed by atoms with Crippen LogP contribution >= 0.6 is 0 Å². The van der Waals surface area contributed by atoms with E-state index in [1.54, 1.807) is 0 Å². The molecule has 1 aliphatic heterocycles. The minimum Gasteiger partial charge on any atom is -0.330 e. The van der Waals surface area contributed by atoms with Gasteiger partial charge in [-0.1, -0.05) is 30.9 Å². The molecule has 0 amide bonds. The van der Waals surface area contributed by atoms with Crippen LogP contribution < -0.4 is 11.1 Å². The lowest BCUT2D eigenvalue weighted by Crippen LogP contribution is -2.42. The van der Waals surface area contributed by atoms with Crippen LogP contribution in [-0.4, -0.2) is 19.6 Å². The fourth-order valence-electron chi connectivity index (χ4n) is 2.27. The molecule has 0 aromatic rings. The molecule has 84 valence electrons. The van der Waals surface area contributed by atoms with Crippen molar-refractivity contribution in [3.05, 3.63) is 36.5 Å². The van der Waals surface area contributed by atoms with Gasteiger partial charge in [0.05, 0.1) is 0 Å². The van der Waals surface area contributed by atoms with Gasteiger partial charge in [-0.3, -0.25) is 0 Å². The van der Waals surface area contributed by atoms with Crippen molar-refractivity contribution in [3.63, 3.8) is 0 Å². The lowest BCUT2D eigenvalue weighted by atomic mass is 9.72. The monoisotopic (exact) mass is 206 g/mol. The number of allylic oxidation sites excluding steroid dienone is 4. The van der Waals surface area contributed by atoms with Gasteiger partial charge in [-0.15, -0.1) is 0 Å². The van der Waals surface area contributed by atoms with E-state index in [1.165, 1.54) is 5.57 Å². The number of nitrogens with one attached hydrogen (secondary N) is 1. The van der Waals surface area contributed by atoms with Crippen LogP contribution in [0, 0.1) is 5.41 Å². The van der Waals surface area contributed by atoms with Crippen molar-refractivity contribution in [2.45, 2.75) is 19.8 Å². The molecule has 0 atom stereocenters. The maximum Gasteiger partial charge on any atom is 0.00963 e. The number of rotatable bonds is 4. The highest BCUT2D eigenvalue weighted by molar-refractivity contribution is 5.29. The van der Waals surface area contributed by atoms with Gasteiger partial charge in [0, 0.05) is 12.0 Å². The molecule has 1 rings (SSSR count). The first-order valence-corrected chi connectivity index (χ1v) is 5.66. The highest BCUT2D eigenvalue weighted by Crippen LogP contribution is 2.36. The summed E-state index contributed by atoms with van der Waals surface area (Å²) >= 11 is 0. The lowest BCUT2D eigenvalue weighted by Gasteiger charge is -2.38. The molecule has 1 aliphatic rings. The molecule has 0 radical (unpaired) electrons. The van der Waals surface area contributed by atoms with E-state index in [0.29, 0.717) is 0 Å². The first-order valence-electron chi connectivity index (χ1n) is 5.66. The lowest BCUT2D eigenvalue weighted by molar-refractivity contribution is 0.268. The van der Waals surface area contributed by atoms with Gasteiger partial charge in [0.15, 0.2) is 0 Å². The first kappa shape index (κ1) is 12.2. The summed E-state index contributed by atoms with van der Waals surface area (Å²) in [4.78, 5) is 0. The summed E-state index contributed by atoms with van der Waals surface area (Å²) in [5.41, 5.74) is 7.49. The summed E-state index contributed by atoms with van der Waals surface area (Å²) in [5, 5.41) is 3.38. The fourth-order valence-corrected chi connectivity index (χ4v) is 2.27. The molecular weight excluding hydrogens is 184 g/mol. The van der Waals surface area contributed by atoms with E-state index in [1.807, 2.05) is 12.2 Å². The second kappa shape index (κ2) is 5.89. The minimum absolute atomic E-state index is 0.180. The summed E-state index contributed by atoms with van der Waals surface area (Å²) in [7, 11) is 0. The van der Waals surface area contributed by atoms with Gasteiger partial charge in [-0.25, -0.2) is 0 Å². The molecule has 0 spiro atoms. The third kappa shape index (κ3) is 2.80. The third-order valence-corrected chi connectivity index (χ3v) is 3.29. The van der Waals surface area contributed by atoms with E-state index < -0.39 is 0 Å². The third-order valence-electron chi connectivity index (χ3n) is 3.29. The van der Waals surface area contributed by atoms with Gasteiger partial charge in [0.2, 0.25) is 0 Å². The van der Waals surface area contributed by atoms with E-state index >= 15 is 0 Å². The van der Waals surface area contributed by atoms with Gasteiger partial charge in [-0.05, 0) is 38.4 Å². The molecule has 15 heavy (non-hydrogen) atoms. The van der Waals surface area contributed by atoms with E-state index in [2.05, 4.69) is 31.0 Å². The molecule has 3 N–H and O–H groups in total. The minimum atomic E-state index is 0.180. The van der Waals surface area contributed by atoms with Gasteiger partial charge < -0.3 is 11.1 Å². The molecule has 0 bridgehead atoms. The predicted molar refractivity (Wildman–Crippen MR) is 66.7 cm³/mol. The molecular formula is C13H22N2. The zero-order chi connectivity index (χ0) is 11.1. The van der Waals surface area contributed by atoms with Crippen LogP contribution in [0.5, 0.6) is 0 Å². The first-order chi connectivity index (χ1) is 7.29. The van der Waals surface area contributed by atoms with Crippen LogP contribution in [0.15, 0.2) is 36.5 Å². The summed E-state index contributed by atoms with van der Waals surface area (Å²) in [6.07, 6.45) is 10.4. The Bertz CT molecular complexity index is 258. The molecule has 0 aromatic carbocycles. The molecule has 0 saturated carbocycles. The maximum absolute atomic E-state index is 5.96. The zero-order valence-electron chi connectivity index (χ0n) is 9.63. The molecule has 2 nitrogen and oxygen atoms in total. The molecule has 0 aliphatic carbocycles. The van der Waals surface area contributed by atoms with E-state index in [0.717, 1.165) is 32.5 Å². The van der Waals surface area contributed by atoms with Crippen molar-refractivity contribution in [3.8, 4) is 0 Å². The van der Waals surface area contributed by atoms with Crippen LogP contribution in [0.1, 0.15) is 19.8 Å². The van der Waals surface area contributed by atoms with Crippen LogP contribution in [0.4, 0.5) is 0 Å². The van der Waals surface area contributed by atoms with Crippen molar-refractivity contribution in [1.29, 1.82) is 0 Å². The van der Waals surface area contributed by atoms with Crippen molar-refractivity contribution in [2.75, 3.05) is 19.6 Å². The quantitative estimate of drug-likeness (QED) is 0.690. The molecule has 0 aromatic heterocycles. The Hall–Kier alpha value is -0.860. The van der Waals surface area contributed by atoms with Gasteiger partial charge >= 0.3 is 0 Å². The average Bonchev–Trinajstić information content (AvgIpc) is 2.31. The van der Waals surface area contributed by atoms with Crippen molar-refractivity contribution < 1.29 is 0 Å². The van der Waals surface area contributed by atoms with Crippen molar-refractivity contribution in [2.24, 2.45) is 11.1 Å². The van der Waals surface area contributed by atoms with E-state index in [4.69, 9.17) is 5.73 Å². The van der Waals surface area contributed by atoms with Crippen molar-refractivity contribution in [1.82, 2.24) is 5.32 Å². The smallest absolute Gasteiger partial charge is 0.00963 e. The molecule has 1 heterocycles. The summed E-state index contributed by atoms with van der Waals surface area (Å²) < 4.78 is 0. The van der Waals surface area contributed by atoms with E-state index in [9.17, 15) is 0 Å². The summed E-state index contributed by atoms with van der Waals surface area (Å²) in [6.45, 7) is 8.65. The zero-order valence-corrected chi connectivity index (χ0v) is 9.63. The topological polar surface area (TPSA) is 38.0 Å². The Morgan fingerprint density at radius 3 is 2.60 bits per heavy atom. The Morgan fingerprint density at radius 1 is 1.47 bits per heavy atom. The molecule has 2 heteroatoms. The average molecular weight is 206 g/mol. The Balaban J connectivity index is 2.86. The number of hydrogen-bond acceptors (Lipinski definition) is 2. The maximum atomic E-state index is 5.96. The standard InChI is InChI=1S/C13H22N2/c1-3-5-6-12(4-2)13(11-14)7-9-15-10-8-13/h3-6,15H,1,7-11,14H2,2H3/b6-5-,12-4+. The number of piperidine rings is 1. The van der Waals surface area contributed by atoms with Gasteiger partial charge in [0.25, 0.3) is 0 Å². The van der Waals surface area contributed by atoms with Gasteiger partial charge in [-0.2, -0.15) is 0 Å². The summed E-state index contributed by atoms with van der Waals surface area (Å²) in [6, 6.07) is 0. The largest absolute Gasteiger partial charge is 0.330 e. The second-order valence-corrected chi connectivity index (χ2v) is 4.07. The Kier molecular flexibility index (Phi) is 4.79. The van der Waals surface area contributed by atoms with E-state index in [-0.39, 0.29) is 5.41 Å². The van der Waals surface area contributed by atoms with Crippen LogP contribution in [0.2, 0.25) is 0 Å². The van der Waals surface area contributed by atoms with Crippen LogP contribution in [-0.2, 0) is 0 Å². The molecule has 1 saturated heterocycles. The number of nitrogens with two attached hydrogens (primary N) is 1. The SMILES string of the molecule is C=C/C=C\C(=C/C)C1(CN)CCNCC1. The second-order valence-electron chi connectivity index (χ2n) is 4.07. The van der Waals surface area contributed by atoms with Crippen LogP contribution in [0.25, 0.3) is 0 Å². The predicted octanol–water partition coefficient (Wildman–Crippen LogP) is 2.00. The molecule has 0 unspecified atom stereocenters. The van der Waals surface area contributed by atoms with Gasteiger partial charge in [0.1, 0.15) is 0 Å². The summed E-state index contributed by atoms with van der Waals surface area (Å²) in [5.74, 6) is 0. The number of hydrogen-bond donors (Lipinski definition) is 2. The van der Waals surface area contributed by atoms with Crippen LogP contribution in [0.3, 0.4) is 0 Å². The normalized spacial score (nSPS) is 21.9. The Labute approximate surface area is 92.9 Å². The fraction of sp³-hybridized carbons (Fsp3) is 0.538.